The second-order valence-electron chi connectivity index (χ2n) is 6.49. The molecule has 5 rings (SSSR count). The van der Waals surface area contributed by atoms with Gasteiger partial charge in [0.2, 0.25) is 0 Å². The molecule has 0 aliphatic heterocycles. The molecule has 0 atom stereocenters. The molecule has 0 bridgehead atoms. The molecule has 0 saturated carbocycles. The van der Waals surface area contributed by atoms with E-state index < -0.39 is 5.97 Å². The number of benzene rings is 1. The van der Waals surface area contributed by atoms with Gasteiger partial charge in [-0.2, -0.15) is 5.10 Å². The third-order valence-electron chi connectivity index (χ3n) is 4.62. The quantitative estimate of drug-likeness (QED) is 0.472. The predicted octanol–water partition coefficient (Wildman–Crippen LogP) is 3.77. The summed E-state index contributed by atoms with van der Waals surface area (Å²) in [5, 5.41) is 15.5. The number of H-pyrrole nitrogens is 1. The highest BCUT2D eigenvalue weighted by atomic mass is 35.5. The molecule has 4 heterocycles. The van der Waals surface area contributed by atoms with E-state index in [1.807, 2.05) is 28.9 Å². The summed E-state index contributed by atoms with van der Waals surface area (Å²) >= 11 is 6.22. The second-order valence-corrected chi connectivity index (χ2v) is 6.93. The highest BCUT2D eigenvalue weighted by molar-refractivity contribution is 6.31. The number of carboxylic acid groups (broad SMARTS) is 1. The van der Waals surface area contributed by atoms with E-state index in [1.54, 1.807) is 24.7 Å². The van der Waals surface area contributed by atoms with Crippen LogP contribution in [0.1, 0.15) is 15.9 Å². The lowest BCUT2D eigenvalue weighted by Gasteiger charge is -2.03. The van der Waals surface area contributed by atoms with Crippen molar-refractivity contribution in [1.29, 1.82) is 0 Å². The molecule has 0 spiro atoms. The zero-order chi connectivity index (χ0) is 20.0. The van der Waals surface area contributed by atoms with Crippen molar-refractivity contribution in [2.45, 2.75) is 6.54 Å². The van der Waals surface area contributed by atoms with E-state index in [0.29, 0.717) is 34.1 Å². The smallest absolute Gasteiger partial charge is 0.339 e. The van der Waals surface area contributed by atoms with Gasteiger partial charge in [-0.15, -0.1) is 0 Å². The van der Waals surface area contributed by atoms with Crippen molar-refractivity contribution in [2.75, 3.05) is 0 Å². The Morgan fingerprint density at radius 1 is 1.24 bits per heavy atom. The molecule has 0 radical (unpaired) electrons. The Morgan fingerprint density at radius 2 is 2.14 bits per heavy atom. The van der Waals surface area contributed by atoms with Crippen molar-refractivity contribution in [2.24, 2.45) is 0 Å². The molecule has 29 heavy (non-hydrogen) atoms. The Morgan fingerprint density at radius 3 is 2.93 bits per heavy atom. The van der Waals surface area contributed by atoms with Crippen LogP contribution >= 0.6 is 11.6 Å². The fourth-order valence-electron chi connectivity index (χ4n) is 3.29. The first-order valence-corrected chi connectivity index (χ1v) is 9.11. The number of halogens is 1. The number of aromatic amines is 1. The Hall–Kier alpha value is -3.78. The Bertz CT molecular complexity index is 1380. The number of aromatic carboxylic acids is 1. The van der Waals surface area contributed by atoms with Gasteiger partial charge in [0.05, 0.1) is 18.3 Å². The van der Waals surface area contributed by atoms with E-state index in [9.17, 15) is 9.90 Å². The average Bonchev–Trinajstić information content (AvgIpc) is 3.30. The van der Waals surface area contributed by atoms with E-state index in [2.05, 4.69) is 19.9 Å². The maximum Gasteiger partial charge on any atom is 0.339 e. The number of nitrogens with zero attached hydrogens (tertiary/aromatic N) is 5. The highest BCUT2D eigenvalue weighted by Gasteiger charge is 2.18. The van der Waals surface area contributed by atoms with Crippen molar-refractivity contribution in [3.05, 3.63) is 71.3 Å². The minimum absolute atomic E-state index is 0.0662. The van der Waals surface area contributed by atoms with Crippen LogP contribution in [0.25, 0.3) is 33.5 Å². The summed E-state index contributed by atoms with van der Waals surface area (Å²) in [7, 11) is 0. The van der Waals surface area contributed by atoms with Crippen molar-refractivity contribution >= 4 is 39.6 Å². The summed E-state index contributed by atoms with van der Waals surface area (Å²) in [6.07, 6.45) is 6.46. The third-order valence-corrected chi connectivity index (χ3v) is 4.86. The van der Waals surface area contributed by atoms with Crippen LogP contribution in [-0.4, -0.2) is 40.8 Å². The molecule has 2 N–H and O–H groups in total. The summed E-state index contributed by atoms with van der Waals surface area (Å²) in [6.45, 7) is 0.505. The van der Waals surface area contributed by atoms with Gasteiger partial charge in [0.15, 0.2) is 5.65 Å². The number of aromatic nitrogens is 6. The van der Waals surface area contributed by atoms with Crippen LogP contribution in [0, 0.1) is 0 Å². The molecule has 142 valence electrons. The van der Waals surface area contributed by atoms with Crippen LogP contribution < -0.4 is 0 Å². The highest BCUT2D eigenvalue weighted by Crippen LogP contribution is 2.30. The molecule has 9 heteroatoms. The number of carbonyl (C=O) groups is 1. The minimum atomic E-state index is -1.07. The van der Waals surface area contributed by atoms with Gasteiger partial charge in [0.1, 0.15) is 22.5 Å². The summed E-state index contributed by atoms with van der Waals surface area (Å²) in [4.78, 5) is 27.3. The molecule has 8 nitrogen and oxygen atoms in total. The average molecular weight is 405 g/mol. The molecular weight excluding hydrogens is 392 g/mol. The van der Waals surface area contributed by atoms with Crippen LogP contribution in [0.5, 0.6) is 0 Å². The predicted molar refractivity (Wildman–Crippen MR) is 108 cm³/mol. The summed E-state index contributed by atoms with van der Waals surface area (Å²) in [6, 6.07) is 9.34. The topological polar surface area (TPSA) is 110 Å². The molecule has 0 unspecified atom stereocenters. The molecule has 0 amide bonds. The van der Waals surface area contributed by atoms with E-state index in [0.717, 1.165) is 16.5 Å². The van der Waals surface area contributed by atoms with E-state index in [-0.39, 0.29) is 5.56 Å². The summed E-state index contributed by atoms with van der Waals surface area (Å²) < 4.78 is 1.83. The summed E-state index contributed by atoms with van der Waals surface area (Å²) in [5.41, 5.74) is 3.68. The van der Waals surface area contributed by atoms with E-state index in [4.69, 9.17) is 16.7 Å². The molecular formula is C20H13ClN6O2. The molecule has 0 fully saturated rings. The van der Waals surface area contributed by atoms with Gasteiger partial charge in [-0.25, -0.2) is 14.8 Å². The van der Waals surface area contributed by atoms with Gasteiger partial charge in [-0.05, 0) is 29.8 Å². The van der Waals surface area contributed by atoms with E-state index in [1.165, 1.54) is 6.20 Å². The molecule has 1 aromatic carbocycles. The van der Waals surface area contributed by atoms with Gasteiger partial charge in [-0.3, -0.25) is 9.67 Å². The molecule has 0 saturated heterocycles. The minimum Gasteiger partial charge on any atom is -0.478 e. The SMILES string of the molecule is O=C(O)c1c[nH]c2ncc(-c3nn(Cc4cccnc4)c4cc(Cl)ccc34)nc12. The number of nitrogens with one attached hydrogen (secondary N) is 1. The zero-order valence-corrected chi connectivity index (χ0v) is 15.6. The van der Waals surface area contributed by atoms with Crippen LogP contribution in [0.15, 0.2) is 55.1 Å². The van der Waals surface area contributed by atoms with Gasteiger partial charge in [0.25, 0.3) is 0 Å². The number of rotatable bonds is 4. The maximum absolute atomic E-state index is 11.5. The lowest BCUT2D eigenvalue weighted by Crippen LogP contribution is -2.02. The van der Waals surface area contributed by atoms with Crippen LogP contribution in [0.2, 0.25) is 5.02 Å². The van der Waals surface area contributed by atoms with Crippen molar-refractivity contribution in [3.63, 3.8) is 0 Å². The Labute approximate surface area is 168 Å². The number of fused-ring (bicyclic) bond motifs is 2. The number of hydrogen-bond donors (Lipinski definition) is 2. The van der Waals surface area contributed by atoms with Crippen molar-refractivity contribution in [1.82, 2.24) is 29.7 Å². The number of pyridine rings is 1. The number of hydrogen-bond acceptors (Lipinski definition) is 5. The number of carboxylic acids is 1. The first-order chi connectivity index (χ1) is 14.1. The van der Waals surface area contributed by atoms with Crippen molar-refractivity contribution in [3.8, 4) is 11.4 Å². The first-order valence-electron chi connectivity index (χ1n) is 8.73. The Balaban J connectivity index is 1.70. The lowest BCUT2D eigenvalue weighted by molar-refractivity contribution is 0.0699. The lowest BCUT2D eigenvalue weighted by atomic mass is 10.1. The van der Waals surface area contributed by atoms with Gasteiger partial charge < -0.3 is 10.1 Å². The fourth-order valence-corrected chi connectivity index (χ4v) is 3.46. The third kappa shape index (κ3) is 2.99. The van der Waals surface area contributed by atoms with Crippen LogP contribution in [-0.2, 0) is 6.54 Å². The van der Waals surface area contributed by atoms with Crippen molar-refractivity contribution < 1.29 is 9.90 Å². The molecule has 5 aromatic rings. The standard InChI is InChI=1S/C20H13ClN6O2/c21-12-3-4-13-16(6-12)27(10-11-2-1-5-22-7-11)26-17(13)15-9-24-19-18(25-15)14(8-23-19)20(28)29/h1-9H,10H2,(H,23,24)(H,28,29). The first kappa shape index (κ1) is 17.3. The normalized spacial score (nSPS) is 11.3. The second kappa shape index (κ2) is 6.68. The van der Waals surface area contributed by atoms with Gasteiger partial charge >= 0.3 is 5.97 Å². The molecule has 0 aliphatic carbocycles. The largest absolute Gasteiger partial charge is 0.478 e. The monoisotopic (exact) mass is 404 g/mol. The van der Waals surface area contributed by atoms with Crippen LogP contribution in [0.4, 0.5) is 0 Å². The van der Waals surface area contributed by atoms with Gasteiger partial charge in [0, 0.05) is 29.0 Å². The van der Waals surface area contributed by atoms with E-state index >= 15 is 0 Å². The maximum atomic E-state index is 11.5. The van der Waals surface area contributed by atoms with Gasteiger partial charge in [-0.1, -0.05) is 17.7 Å². The molecule has 4 aromatic heterocycles. The Kier molecular flexibility index (Phi) is 3.99. The van der Waals surface area contributed by atoms with Crippen LogP contribution in [0.3, 0.4) is 0 Å². The summed E-state index contributed by atoms with van der Waals surface area (Å²) in [5.74, 6) is -1.07. The fraction of sp³-hybridized carbons (Fsp3) is 0.0500. The molecule has 0 aliphatic rings. The zero-order valence-electron chi connectivity index (χ0n) is 14.9.